The molecule has 1 aliphatic rings. The van der Waals surface area contributed by atoms with Gasteiger partial charge in [-0.1, -0.05) is 24.3 Å². The van der Waals surface area contributed by atoms with Crippen LogP contribution >= 0.6 is 12.2 Å². The van der Waals surface area contributed by atoms with Crippen molar-refractivity contribution in [3.63, 3.8) is 0 Å². The standard InChI is InChI=1S/C30H32N6OS/c1-21-9-4-5-10-24(21)32-27(37)17-20-36-29(28(33-30(36)38)25-11-6-7-18-31-25)26-12-8-19-35(26)23-15-13-22(14-16-23)34(2)3/h4-16,18-19,28-29H,17,20H2,1-3H3,(H,32,37)(H,33,38)/t28-,29+/m1/s1. The first-order valence-corrected chi connectivity index (χ1v) is 13.1. The molecule has 1 aliphatic heterocycles. The number of carbonyl (C=O) groups is 1. The van der Waals surface area contributed by atoms with Crippen LogP contribution < -0.4 is 15.5 Å². The molecule has 38 heavy (non-hydrogen) atoms. The SMILES string of the molecule is Cc1ccccc1NC(=O)CCN1C(=S)N[C@H](c2ccccn2)[C@@H]1c1cccn1-c1ccc(N(C)C)cc1. The van der Waals surface area contributed by atoms with E-state index in [0.717, 1.165) is 34.0 Å². The summed E-state index contributed by atoms with van der Waals surface area (Å²) >= 11 is 5.82. The van der Waals surface area contributed by atoms with E-state index in [1.165, 1.54) is 0 Å². The molecule has 0 radical (unpaired) electrons. The fourth-order valence-corrected chi connectivity index (χ4v) is 5.23. The molecular weight excluding hydrogens is 492 g/mol. The van der Waals surface area contributed by atoms with Crippen molar-refractivity contribution in [1.82, 2.24) is 19.8 Å². The van der Waals surface area contributed by atoms with Crippen LogP contribution in [0.3, 0.4) is 0 Å². The van der Waals surface area contributed by atoms with Crippen molar-refractivity contribution in [3.05, 3.63) is 108 Å². The number of amides is 1. The number of nitrogens with one attached hydrogen (secondary N) is 2. The number of hydrogen-bond donors (Lipinski definition) is 2. The van der Waals surface area contributed by atoms with Crippen LogP contribution in [0, 0.1) is 6.92 Å². The summed E-state index contributed by atoms with van der Waals surface area (Å²) in [6.07, 6.45) is 4.17. The molecule has 5 rings (SSSR count). The third-order valence-electron chi connectivity index (χ3n) is 6.92. The predicted molar refractivity (Wildman–Crippen MR) is 157 cm³/mol. The van der Waals surface area contributed by atoms with E-state index in [0.29, 0.717) is 18.1 Å². The highest BCUT2D eigenvalue weighted by Gasteiger charge is 2.41. The zero-order chi connectivity index (χ0) is 26.6. The van der Waals surface area contributed by atoms with Crippen molar-refractivity contribution >= 4 is 34.6 Å². The van der Waals surface area contributed by atoms with Crippen molar-refractivity contribution in [1.29, 1.82) is 0 Å². The maximum Gasteiger partial charge on any atom is 0.226 e. The number of carbonyl (C=O) groups excluding carboxylic acids is 1. The Hall–Kier alpha value is -4.17. The van der Waals surface area contributed by atoms with E-state index < -0.39 is 0 Å². The number of para-hydroxylation sites is 1. The molecule has 2 aromatic heterocycles. The average molecular weight is 525 g/mol. The van der Waals surface area contributed by atoms with Crippen LogP contribution in [0.5, 0.6) is 0 Å². The molecule has 2 N–H and O–H groups in total. The van der Waals surface area contributed by atoms with E-state index in [1.54, 1.807) is 6.20 Å². The van der Waals surface area contributed by atoms with Crippen molar-refractivity contribution in [2.75, 3.05) is 30.9 Å². The maximum atomic E-state index is 12.9. The minimum Gasteiger partial charge on any atom is -0.378 e. The summed E-state index contributed by atoms with van der Waals surface area (Å²) in [7, 11) is 4.07. The first kappa shape index (κ1) is 25.5. The van der Waals surface area contributed by atoms with E-state index in [4.69, 9.17) is 12.2 Å². The molecule has 7 nitrogen and oxygen atoms in total. The van der Waals surface area contributed by atoms with Gasteiger partial charge in [-0.05, 0) is 79.3 Å². The van der Waals surface area contributed by atoms with Crippen molar-refractivity contribution in [3.8, 4) is 5.69 Å². The molecule has 8 heteroatoms. The lowest BCUT2D eigenvalue weighted by Crippen LogP contribution is -2.33. The van der Waals surface area contributed by atoms with Gasteiger partial charge < -0.3 is 25.0 Å². The van der Waals surface area contributed by atoms with Crippen LogP contribution in [0.1, 0.15) is 35.5 Å². The Balaban J connectivity index is 1.44. The summed E-state index contributed by atoms with van der Waals surface area (Å²) in [5, 5.41) is 7.15. The lowest BCUT2D eigenvalue weighted by atomic mass is 10.0. The molecule has 0 unspecified atom stereocenters. The number of benzene rings is 2. The van der Waals surface area contributed by atoms with Crippen molar-refractivity contribution in [2.24, 2.45) is 0 Å². The first-order chi connectivity index (χ1) is 18.4. The Morgan fingerprint density at radius 2 is 1.79 bits per heavy atom. The average Bonchev–Trinajstić information content (AvgIpc) is 3.53. The third-order valence-corrected chi connectivity index (χ3v) is 7.28. The first-order valence-electron chi connectivity index (χ1n) is 12.7. The van der Waals surface area contributed by atoms with Gasteiger partial charge in [0.15, 0.2) is 5.11 Å². The molecule has 0 aliphatic carbocycles. The number of thiocarbonyl (C=S) groups is 1. The van der Waals surface area contributed by atoms with Crippen LogP contribution in [0.2, 0.25) is 0 Å². The summed E-state index contributed by atoms with van der Waals surface area (Å²) in [5.74, 6) is -0.0446. The van der Waals surface area contributed by atoms with Gasteiger partial charge in [0.1, 0.15) is 0 Å². The van der Waals surface area contributed by atoms with Crippen LogP contribution in [-0.4, -0.2) is 46.1 Å². The second-order valence-electron chi connectivity index (χ2n) is 9.65. The van der Waals surface area contributed by atoms with Gasteiger partial charge in [-0.2, -0.15) is 0 Å². The maximum absolute atomic E-state index is 12.9. The van der Waals surface area contributed by atoms with Crippen LogP contribution in [0.4, 0.5) is 11.4 Å². The van der Waals surface area contributed by atoms with Gasteiger partial charge in [-0.3, -0.25) is 9.78 Å². The topological polar surface area (TPSA) is 65.4 Å². The highest BCUT2D eigenvalue weighted by Crippen LogP contribution is 2.39. The molecule has 1 fully saturated rings. The number of aryl methyl sites for hydroxylation is 1. The minimum atomic E-state index is -0.155. The second kappa shape index (κ2) is 11.1. The van der Waals surface area contributed by atoms with Gasteiger partial charge in [0.05, 0.1) is 17.8 Å². The molecule has 0 bridgehead atoms. The van der Waals surface area contributed by atoms with Crippen LogP contribution in [0.25, 0.3) is 5.69 Å². The molecule has 1 saturated heterocycles. The predicted octanol–water partition coefficient (Wildman–Crippen LogP) is 5.25. The minimum absolute atomic E-state index is 0.0446. The van der Waals surface area contributed by atoms with Gasteiger partial charge in [0, 0.05) is 62.2 Å². The summed E-state index contributed by atoms with van der Waals surface area (Å²) < 4.78 is 2.19. The second-order valence-corrected chi connectivity index (χ2v) is 10.0. The molecule has 4 aromatic rings. The number of anilines is 2. The van der Waals surface area contributed by atoms with Gasteiger partial charge >= 0.3 is 0 Å². The molecule has 0 spiro atoms. The summed E-state index contributed by atoms with van der Waals surface area (Å²) in [5.41, 5.74) is 6.04. The fourth-order valence-electron chi connectivity index (χ4n) is 4.90. The number of nitrogens with zero attached hydrogens (tertiary/aromatic N) is 4. The van der Waals surface area contributed by atoms with Crippen LogP contribution in [-0.2, 0) is 4.79 Å². The van der Waals surface area contributed by atoms with Crippen molar-refractivity contribution < 1.29 is 4.79 Å². The molecule has 3 heterocycles. The van der Waals surface area contributed by atoms with Crippen molar-refractivity contribution in [2.45, 2.75) is 25.4 Å². The number of pyridine rings is 1. The highest BCUT2D eigenvalue weighted by molar-refractivity contribution is 7.80. The number of rotatable bonds is 8. The summed E-state index contributed by atoms with van der Waals surface area (Å²) in [4.78, 5) is 21.8. The van der Waals surface area contributed by atoms with E-state index in [-0.39, 0.29) is 18.0 Å². The Morgan fingerprint density at radius 3 is 2.50 bits per heavy atom. The smallest absolute Gasteiger partial charge is 0.226 e. The summed E-state index contributed by atoms with van der Waals surface area (Å²) in [6, 6.07) is 26.0. The molecule has 0 saturated carbocycles. The van der Waals surface area contributed by atoms with Gasteiger partial charge in [0.2, 0.25) is 5.91 Å². The van der Waals surface area contributed by atoms with Gasteiger partial charge in [0.25, 0.3) is 0 Å². The zero-order valence-corrected chi connectivity index (χ0v) is 22.7. The fraction of sp³-hybridized carbons (Fsp3) is 0.233. The quantitative estimate of drug-likeness (QED) is 0.307. The largest absolute Gasteiger partial charge is 0.378 e. The Morgan fingerprint density at radius 1 is 1.03 bits per heavy atom. The Kier molecular flexibility index (Phi) is 7.42. The molecule has 194 valence electrons. The van der Waals surface area contributed by atoms with E-state index in [1.807, 2.05) is 63.5 Å². The Labute approximate surface area is 229 Å². The zero-order valence-electron chi connectivity index (χ0n) is 21.8. The van der Waals surface area contributed by atoms with Crippen LogP contribution in [0.15, 0.2) is 91.3 Å². The van der Waals surface area contributed by atoms with E-state index >= 15 is 0 Å². The van der Waals surface area contributed by atoms with Gasteiger partial charge in [-0.25, -0.2) is 0 Å². The monoisotopic (exact) mass is 524 g/mol. The lowest BCUT2D eigenvalue weighted by molar-refractivity contribution is -0.116. The molecule has 1 amide bonds. The molecular formula is C30H32N6OS. The number of hydrogen-bond acceptors (Lipinski definition) is 4. The number of aromatic nitrogens is 2. The lowest BCUT2D eigenvalue weighted by Gasteiger charge is -2.29. The van der Waals surface area contributed by atoms with E-state index in [2.05, 4.69) is 72.6 Å². The summed E-state index contributed by atoms with van der Waals surface area (Å²) in [6.45, 7) is 2.46. The highest BCUT2D eigenvalue weighted by atomic mass is 32.1. The Bertz CT molecular complexity index is 1420. The molecule has 2 aromatic carbocycles. The third kappa shape index (κ3) is 5.26. The normalized spacial score (nSPS) is 16.8. The van der Waals surface area contributed by atoms with Gasteiger partial charge in [-0.15, -0.1) is 0 Å². The van der Waals surface area contributed by atoms with E-state index in [9.17, 15) is 4.79 Å². The molecule has 2 atom stereocenters.